The minimum Gasteiger partial charge on any atom is -0.380 e. The van der Waals surface area contributed by atoms with Crippen molar-refractivity contribution < 1.29 is 17.9 Å². The molecule has 0 aliphatic carbocycles. The summed E-state index contributed by atoms with van der Waals surface area (Å²) in [5.74, 6) is -0.00532. The lowest BCUT2D eigenvalue weighted by molar-refractivity contribution is -0.138. The van der Waals surface area contributed by atoms with Crippen LogP contribution in [0.3, 0.4) is 0 Å². The summed E-state index contributed by atoms with van der Waals surface area (Å²) in [6, 6.07) is 14.6. The van der Waals surface area contributed by atoms with E-state index in [1.165, 1.54) is 17.5 Å². The molecule has 2 aliphatic heterocycles. The van der Waals surface area contributed by atoms with Crippen molar-refractivity contribution in [2.24, 2.45) is 0 Å². The zero-order valence-electron chi connectivity index (χ0n) is 17.5. The van der Waals surface area contributed by atoms with Gasteiger partial charge in [0.15, 0.2) is 0 Å². The molecule has 2 aliphatic rings. The van der Waals surface area contributed by atoms with Crippen LogP contribution in [0.5, 0.6) is 0 Å². The third-order valence-electron chi connectivity index (χ3n) is 6.45. The Hall–Kier alpha value is -3.08. The second-order valence-electron chi connectivity index (χ2n) is 8.37. The zero-order valence-corrected chi connectivity index (χ0v) is 19.2. The lowest BCUT2D eigenvalue weighted by Gasteiger charge is -2.31. The van der Waals surface area contributed by atoms with Gasteiger partial charge >= 0.3 is 0 Å². The highest BCUT2D eigenvalue weighted by molar-refractivity contribution is 7.89. The third kappa shape index (κ3) is 3.20. The third-order valence-corrected chi connectivity index (χ3v) is 8.77. The van der Waals surface area contributed by atoms with E-state index in [2.05, 4.69) is 10.1 Å². The summed E-state index contributed by atoms with van der Waals surface area (Å²) in [6.45, 7) is 1.48. The number of hydrogen-bond acceptors (Lipinski definition) is 7. The number of ether oxygens (including phenoxy) is 1. The van der Waals surface area contributed by atoms with Gasteiger partial charge in [-0.1, -0.05) is 30.3 Å². The molecule has 1 fully saturated rings. The number of fused-ring (bicyclic) bond motifs is 2. The Morgan fingerprint density at radius 1 is 1.12 bits per heavy atom. The van der Waals surface area contributed by atoms with Gasteiger partial charge in [0, 0.05) is 24.9 Å². The number of carbonyl (C=O) groups is 1. The Bertz CT molecular complexity index is 1450. The lowest BCUT2D eigenvalue weighted by atomic mass is 9.78. The van der Waals surface area contributed by atoms with Crippen molar-refractivity contribution in [3.63, 3.8) is 0 Å². The molecule has 0 spiro atoms. The second kappa shape index (κ2) is 7.47. The number of hydrogen-bond donors (Lipinski definition) is 0. The first-order valence-corrected chi connectivity index (χ1v) is 12.9. The zero-order chi connectivity index (χ0) is 22.6. The fraction of sp³-hybridized carbons (Fsp3) is 0.261. The van der Waals surface area contributed by atoms with Gasteiger partial charge in [0.25, 0.3) is 10.0 Å². The molecular weight excluding hydrogens is 460 g/mol. The standard InChI is InChI=1S/C23H20N4O4S2/c28-22(23(8-9-31-14-23)17-4-2-1-3-5-17)26-11-16-12-27(25-20(16)13-26)33(29,30)18-6-7-19-21(10-18)32-15-24-19/h1-7,10,12,15H,8-9,11,13-14H2. The fourth-order valence-electron chi connectivity index (χ4n) is 4.64. The Morgan fingerprint density at radius 2 is 1.97 bits per heavy atom. The summed E-state index contributed by atoms with van der Waals surface area (Å²) in [7, 11) is -3.83. The molecule has 33 heavy (non-hydrogen) atoms. The fourth-order valence-corrected chi connectivity index (χ4v) is 6.63. The van der Waals surface area contributed by atoms with Crippen LogP contribution in [0.25, 0.3) is 10.2 Å². The molecule has 2 aromatic heterocycles. The SMILES string of the molecule is O=C(N1Cc2cn(S(=O)(=O)c3ccc4ncsc4c3)nc2C1)C1(c2ccccc2)CCOC1. The van der Waals surface area contributed by atoms with E-state index in [9.17, 15) is 13.2 Å². The van der Waals surface area contributed by atoms with Gasteiger partial charge in [-0.25, -0.2) is 4.98 Å². The first kappa shape index (κ1) is 20.5. The summed E-state index contributed by atoms with van der Waals surface area (Å²) >= 11 is 1.39. The molecule has 1 amide bonds. The summed E-state index contributed by atoms with van der Waals surface area (Å²) in [6.07, 6.45) is 2.15. The van der Waals surface area contributed by atoms with Gasteiger partial charge in [0.05, 0.1) is 44.9 Å². The molecule has 0 saturated carbocycles. The average Bonchev–Trinajstić information content (AvgIpc) is 3.62. The summed E-state index contributed by atoms with van der Waals surface area (Å²) in [5, 5.41) is 4.35. The van der Waals surface area contributed by atoms with Gasteiger partial charge in [0.2, 0.25) is 5.91 Å². The van der Waals surface area contributed by atoms with Crippen LogP contribution in [0.2, 0.25) is 0 Å². The van der Waals surface area contributed by atoms with Crippen LogP contribution in [-0.2, 0) is 38.1 Å². The first-order chi connectivity index (χ1) is 16.0. The van der Waals surface area contributed by atoms with Crippen LogP contribution < -0.4 is 0 Å². The first-order valence-electron chi connectivity index (χ1n) is 10.6. The van der Waals surface area contributed by atoms with Gasteiger partial charge in [-0.15, -0.1) is 11.3 Å². The maximum atomic E-state index is 13.6. The van der Waals surface area contributed by atoms with Crippen molar-refractivity contribution in [2.45, 2.75) is 29.8 Å². The molecule has 10 heteroatoms. The number of thiazole rings is 1. The topological polar surface area (TPSA) is 94.4 Å². The number of benzene rings is 2. The molecule has 0 N–H and O–H groups in total. The van der Waals surface area contributed by atoms with Gasteiger partial charge in [-0.2, -0.15) is 17.6 Å². The van der Waals surface area contributed by atoms with E-state index in [4.69, 9.17) is 4.74 Å². The molecule has 1 atom stereocenters. The monoisotopic (exact) mass is 480 g/mol. The van der Waals surface area contributed by atoms with Crippen LogP contribution in [0, 0.1) is 0 Å². The molecule has 8 nitrogen and oxygen atoms in total. The lowest BCUT2D eigenvalue weighted by Crippen LogP contribution is -2.45. The van der Waals surface area contributed by atoms with Crippen LogP contribution in [0.15, 0.2) is 65.1 Å². The number of carbonyl (C=O) groups excluding carboxylic acids is 1. The van der Waals surface area contributed by atoms with Crippen molar-refractivity contribution in [3.05, 3.63) is 77.1 Å². The average molecular weight is 481 g/mol. The molecular formula is C23H20N4O4S2. The molecule has 1 unspecified atom stereocenters. The van der Waals surface area contributed by atoms with Crippen LogP contribution in [0.4, 0.5) is 0 Å². The largest absolute Gasteiger partial charge is 0.380 e. The summed E-state index contributed by atoms with van der Waals surface area (Å²) in [4.78, 5) is 19.7. The second-order valence-corrected chi connectivity index (χ2v) is 11.1. The maximum Gasteiger partial charge on any atom is 0.283 e. The number of aromatic nitrogens is 3. The molecule has 6 rings (SSSR count). The van der Waals surface area contributed by atoms with Gasteiger partial charge in [0.1, 0.15) is 0 Å². The van der Waals surface area contributed by atoms with Crippen molar-refractivity contribution in [1.82, 2.24) is 19.1 Å². The smallest absolute Gasteiger partial charge is 0.283 e. The molecule has 0 radical (unpaired) electrons. The molecule has 0 bridgehead atoms. The highest BCUT2D eigenvalue weighted by atomic mass is 32.2. The highest BCUT2D eigenvalue weighted by Crippen LogP contribution is 2.37. The Labute approximate surface area is 194 Å². The van der Waals surface area contributed by atoms with Crippen molar-refractivity contribution in [1.29, 1.82) is 0 Å². The molecule has 1 saturated heterocycles. The normalized spacial score (nSPS) is 20.4. The molecule has 2 aromatic carbocycles. The van der Waals surface area contributed by atoms with Gasteiger partial charge < -0.3 is 9.64 Å². The Kier molecular flexibility index (Phi) is 4.65. The van der Waals surface area contributed by atoms with Crippen LogP contribution in [0.1, 0.15) is 23.2 Å². The van der Waals surface area contributed by atoms with Gasteiger partial charge in [-0.05, 0) is 30.2 Å². The molecule has 168 valence electrons. The van der Waals surface area contributed by atoms with E-state index in [1.807, 2.05) is 30.3 Å². The van der Waals surface area contributed by atoms with Crippen molar-refractivity contribution in [3.8, 4) is 0 Å². The van der Waals surface area contributed by atoms with Crippen LogP contribution >= 0.6 is 11.3 Å². The molecule has 4 heterocycles. The van der Waals surface area contributed by atoms with E-state index in [0.717, 1.165) is 25.4 Å². The van der Waals surface area contributed by atoms with Crippen molar-refractivity contribution in [2.75, 3.05) is 13.2 Å². The van der Waals surface area contributed by atoms with E-state index < -0.39 is 15.4 Å². The predicted molar refractivity (Wildman–Crippen MR) is 122 cm³/mol. The van der Waals surface area contributed by atoms with E-state index in [-0.39, 0.29) is 17.3 Å². The predicted octanol–water partition coefficient (Wildman–Crippen LogP) is 2.93. The Morgan fingerprint density at radius 3 is 2.73 bits per heavy atom. The Balaban J connectivity index is 1.27. The van der Waals surface area contributed by atoms with Crippen LogP contribution in [-0.4, -0.2) is 46.6 Å². The molecule has 4 aromatic rings. The van der Waals surface area contributed by atoms with Crippen molar-refractivity contribution >= 4 is 37.5 Å². The maximum absolute atomic E-state index is 13.6. The minimum absolute atomic E-state index is 0.00532. The van der Waals surface area contributed by atoms with E-state index >= 15 is 0 Å². The number of nitrogens with zero attached hydrogens (tertiary/aromatic N) is 4. The van der Waals surface area contributed by atoms with E-state index in [1.54, 1.807) is 28.6 Å². The minimum atomic E-state index is -3.83. The summed E-state index contributed by atoms with van der Waals surface area (Å²) < 4.78 is 33.8. The van der Waals surface area contributed by atoms with Gasteiger partial charge in [-0.3, -0.25) is 4.79 Å². The number of rotatable bonds is 4. The highest BCUT2D eigenvalue weighted by Gasteiger charge is 2.47. The quantitative estimate of drug-likeness (QED) is 0.446. The number of amides is 1. The summed E-state index contributed by atoms with van der Waals surface area (Å²) in [5.41, 5.74) is 4.03. The van der Waals surface area contributed by atoms with E-state index in [0.29, 0.717) is 31.9 Å².